The minimum absolute atomic E-state index is 0.00832. The second-order valence-electron chi connectivity index (χ2n) is 10.9. The van der Waals surface area contributed by atoms with Crippen molar-refractivity contribution < 1.29 is 9.31 Å². The number of hydrogen-bond acceptors (Lipinski definition) is 2. The Kier molecular flexibility index (Phi) is 3.91. The summed E-state index contributed by atoms with van der Waals surface area (Å²) in [6.45, 7) is 13.1. The SMILES string of the molecule is CC1(C)C=CC=C2C=c3c(c4ccc(B5OC(C)(C)C(C)(C)O5)cc4c4ccccc34)=C21. The molecule has 1 heterocycles. The first-order valence-corrected chi connectivity index (χ1v) is 11.6. The van der Waals surface area contributed by atoms with Crippen LogP contribution in [0.3, 0.4) is 0 Å². The molecule has 1 saturated heterocycles. The van der Waals surface area contributed by atoms with Crippen LogP contribution >= 0.6 is 0 Å². The van der Waals surface area contributed by atoms with Gasteiger partial charge in [-0.05, 0) is 82.4 Å². The molecule has 3 aromatic carbocycles. The minimum atomic E-state index is -0.361. The van der Waals surface area contributed by atoms with Crippen molar-refractivity contribution in [1.29, 1.82) is 0 Å². The summed E-state index contributed by atoms with van der Waals surface area (Å²) in [5.74, 6) is 0. The predicted octanol–water partition coefficient (Wildman–Crippen LogP) is 4.76. The molecule has 0 radical (unpaired) electrons. The van der Waals surface area contributed by atoms with E-state index in [9.17, 15) is 0 Å². The highest BCUT2D eigenvalue weighted by molar-refractivity contribution is 6.62. The summed E-state index contributed by atoms with van der Waals surface area (Å²) in [7, 11) is -0.361. The average molecular weight is 420 g/mol. The van der Waals surface area contributed by atoms with E-state index in [1.54, 1.807) is 0 Å². The monoisotopic (exact) mass is 420 g/mol. The summed E-state index contributed by atoms with van der Waals surface area (Å²) in [5, 5.41) is 7.87. The smallest absolute Gasteiger partial charge is 0.399 e. The van der Waals surface area contributed by atoms with Gasteiger partial charge in [-0.3, -0.25) is 0 Å². The van der Waals surface area contributed by atoms with Crippen LogP contribution in [0.25, 0.3) is 33.2 Å². The summed E-state index contributed by atoms with van der Waals surface area (Å²) >= 11 is 0. The zero-order valence-electron chi connectivity index (χ0n) is 19.7. The fourth-order valence-electron chi connectivity index (χ4n) is 5.45. The normalized spacial score (nSPS) is 22.1. The third-order valence-electron chi connectivity index (χ3n) is 7.89. The molecule has 0 unspecified atom stereocenters. The highest BCUT2D eigenvalue weighted by Gasteiger charge is 2.51. The van der Waals surface area contributed by atoms with Gasteiger partial charge in [-0.25, -0.2) is 0 Å². The van der Waals surface area contributed by atoms with Gasteiger partial charge < -0.3 is 9.31 Å². The molecule has 0 bridgehead atoms. The largest absolute Gasteiger partial charge is 0.494 e. The molecule has 0 atom stereocenters. The number of benzene rings is 3. The average Bonchev–Trinajstić information content (AvgIpc) is 3.23. The van der Waals surface area contributed by atoms with E-state index < -0.39 is 0 Å². The molecule has 0 spiro atoms. The Hall–Kier alpha value is -2.62. The maximum absolute atomic E-state index is 6.37. The molecule has 2 nitrogen and oxygen atoms in total. The fraction of sp³-hybridized carbons (Fsp3) is 0.310. The highest BCUT2D eigenvalue weighted by Crippen LogP contribution is 2.40. The van der Waals surface area contributed by atoms with Crippen molar-refractivity contribution in [3.8, 4) is 0 Å². The van der Waals surface area contributed by atoms with Crippen LogP contribution < -0.4 is 15.9 Å². The lowest BCUT2D eigenvalue weighted by Gasteiger charge is -2.32. The molecule has 3 aliphatic rings. The standard InChI is InChI=1S/C29H29BO2/c1-27(2)15-9-10-18-16-24-21-12-8-7-11-20(21)23-17-19(13-14-22(23)25(24)26(18)27)30-31-28(3,4)29(5,6)32-30/h7-17H,1-6H3. The molecule has 0 saturated carbocycles. The van der Waals surface area contributed by atoms with Crippen LogP contribution in [0, 0.1) is 5.41 Å². The van der Waals surface area contributed by atoms with Crippen molar-refractivity contribution >= 4 is 45.8 Å². The molecule has 0 amide bonds. The molecule has 3 aromatic rings. The van der Waals surface area contributed by atoms with E-state index in [0.717, 1.165) is 5.46 Å². The van der Waals surface area contributed by atoms with Crippen LogP contribution in [0.4, 0.5) is 0 Å². The van der Waals surface area contributed by atoms with E-state index in [-0.39, 0.29) is 23.7 Å². The lowest BCUT2D eigenvalue weighted by molar-refractivity contribution is 0.00578. The third-order valence-corrected chi connectivity index (χ3v) is 7.89. The molecule has 1 fully saturated rings. The van der Waals surface area contributed by atoms with Gasteiger partial charge in [0.2, 0.25) is 0 Å². The van der Waals surface area contributed by atoms with Crippen LogP contribution in [-0.4, -0.2) is 18.3 Å². The highest BCUT2D eigenvalue weighted by atomic mass is 16.7. The lowest BCUT2D eigenvalue weighted by atomic mass is 9.75. The van der Waals surface area contributed by atoms with Crippen molar-refractivity contribution in [2.45, 2.75) is 52.7 Å². The van der Waals surface area contributed by atoms with Gasteiger partial charge in [0.05, 0.1) is 11.2 Å². The van der Waals surface area contributed by atoms with Crippen molar-refractivity contribution in [2.24, 2.45) is 5.41 Å². The first-order valence-electron chi connectivity index (χ1n) is 11.6. The molecule has 0 aromatic heterocycles. The summed E-state index contributed by atoms with van der Waals surface area (Å²) in [6.07, 6.45) is 9.14. The zero-order chi connectivity index (χ0) is 22.5. The van der Waals surface area contributed by atoms with Crippen LogP contribution in [0.5, 0.6) is 0 Å². The van der Waals surface area contributed by atoms with Gasteiger partial charge in [-0.2, -0.15) is 0 Å². The van der Waals surface area contributed by atoms with E-state index >= 15 is 0 Å². The maximum Gasteiger partial charge on any atom is 0.494 e. The number of hydrogen-bond donors (Lipinski definition) is 0. The fourth-order valence-corrected chi connectivity index (χ4v) is 5.45. The number of fused-ring (bicyclic) bond motifs is 7. The second kappa shape index (κ2) is 6.24. The summed E-state index contributed by atoms with van der Waals surface area (Å²) in [4.78, 5) is 0. The quantitative estimate of drug-likeness (QED) is 0.418. The summed E-state index contributed by atoms with van der Waals surface area (Å²) in [6, 6.07) is 15.5. The predicted molar refractivity (Wildman–Crippen MR) is 135 cm³/mol. The molecule has 32 heavy (non-hydrogen) atoms. The van der Waals surface area contributed by atoms with Gasteiger partial charge in [0, 0.05) is 5.41 Å². The van der Waals surface area contributed by atoms with Crippen LogP contribution in [0.2, 0.25) is 0 Å². The second-order valence-corrected chi connectivity index (χ2v) is 10.9. The van der Waals surface area contributed by atoms with E-state index in [4.69, 9.17) is 9.31 Å². The summed E-state index contributed by atoms with van der Waals surface area (Å²) in [5.41, 5.74) is 3.12. The van der Waals surface area contributed by atoms with Gasteiger partial charge in [0.25, 0.3) is 0 Å². The number of rotatable bonds is 1. The molecular weight excluding hydrogens is 391 g/mol. The summed E-state index contributed by atoms with van der Waals surface area (Å²) < 4.78 is 12.7. The van der Waals surface area contributed by atoms with E-state index in [1.165, 1.54) is 43.1 Å². The maximum atomic E-state index is 6.37. The third kappa shape index (κ3) is 2.61. The Balaban J connectivity index is 1.69. The molecule has 3 heteroatoms. The first-order chi connectivity index (χ1) is 15.1. The number of allylic oxidation sites excluding steroid dienone is 4. The minimum Gasteiger partial charge on any atom is -0.399 e. The van der Waals surface area contributed by atoms with E-state index in [1.807, 2.05) is 0 Å². The van der Waals surface area contributed by atoms with Gasteiger partial charge in [-0.1, -0.05) is 74.5 Å². The first kappa shape index (κ1) is 20.0. The van der Waals surface area contributed by atoms with Crippen molar-refractivity contribution in [3.05, 3.63) is 76.7 Å². The van der Waals surface area contributed by atoms with Crippen molar-refractivity contribution in [1.82, 2.24) is 0 Å². The molecule has 160 valence electrons. The Morgan fingerprint density at radius 2 is 1.44 bits per heavy atom. The molecule has 6 rings (SSSR count). The zero-order valence-corrected chi connectivity index (χ0v) is 19.7. The van der Waals surface area contributed by atoms with Gasteiger partial charge >= 0.3 is 7.12 Å². The Morgan fingerprint density at radius 3 is 2.16 bits per heavy atom. The van der Waals surface area contributed by atoms with Gasteiger partial charge in [0.15, 0.2) is 0 Å². The van der Waals surface area contributed by atoms with Crippen LogP contribution in [0.15, 0.2) is 66.3 Å². The molecular formula is C29H29BO2. The Bertz CT molecular complexity index is 1490. The van der Waals surface area contributed by atoms with Crippen molar-refractivity contribution in [3.63, 3.8) is 0 Å². The van der Waals surface area contributed by atoms with E-state index in [0.29, 0.717) is 0 Å². The Labute approximate surface area is 190 Å². The van der Waals surface area contributed by atoms with Crippen LogP contribution in [-0.2, 0) is 9.31 Å². The van der Waals surface area contributed by atoms with Crippen molar-refractivity contribution in [2.75, 3.05) is 0 Å². The van der Waals surface area contributed by atoms with Crippen LogP contribution in [0.1, 0.15) is 41.5 Å². The van der Waals surface area contributed by atoms with Gasteiger partial charge in [0.1, 0.15) is 0 Å². The van der Waals surface area contributed by atoms with E-state index in [2.05, 4.69) is 108 Å². The van der Waals surface area contributed by atoms with Gasteiger partial charge in [-0.15, -0.1) is 0 Å². The Morgan fingerprint density at radius 1 is 0.750 bits per heavy atom. The molecule has 2 aliphatic carbocycles. The molecule has 0 N–H and O–H groups in total. The molecule has 1 aliphatic heterocycles. The lowest BCUT2D eigenvalue weighted by Crippen LogP contribution is -2.41. The topological polar surface area (TPSA) is 18.5 Å².